The Hall–Kier alpha value is -0.740. The lowest BCUT2D eigenvalue weighted by atomic mass is 10.3. The van der Waals surface area contributed by atoms with Crippen LogP contribution in [0.3, 0.4) is 0 Å². The minimum Gasteiger partial charge on any atom is -0.229 e. The Morgan fingerprint density at radius 1 is 0.944 bits per heavy atom. The summed E-state index contributed by atoms with van der Waals surface area (Å²) < 4.78 is 2.12. The monoisotopic (exact) mass is 311 g/mol. The zero-order valence-electron chi connectivity index (χ0n) is 9.06. The highest BCUT2D eigenvalue weighted by Crippen LogP contribution is 2.35. The minimum absolute atomic E-state index is 0.745. The molecule has 0 aliphatic rings. The van der Waals surface area contributed by atoms with Crippen LogP contribution in [-0.4, -0.2) is 4.98 Å². The lowest BCUT2D eigenvalue weighted by Gasteiger charge is -1.96. The van der Waals surface area contributed by atoms with Crippen molar-refractivity contribution in [3.63, 3.8) is 0 Å². The van der Waals surface area contributed by atoms with Gasteiger partial charge in [-0.15, -0.1) is 11.3 Å². The lowest BCUT2D eigenvalue weighted by molar-refractivity contribution is 1.29. The van der Waals surface area contributed by atoms with E-state index >= 15 is 0 Å². The quantitative estimate of drug-likeness (QED) is 0.597. The second-order valence-electron chi connectivity index (χ2n) is 3.65. The van der Waals surface area contributed by atoms with E-state index in [1.165, 1.54) is 0 Å². The molecule has 18 heavy (non-hydrogen) atoms. The van der Waals surface area contributed by atoms with Gasteiger partial charge in [0.25, 0.3) is 0 Å². The lowest BCUT2D eigenvalue weighted by Crippen LogP contribution is -1.72. The van der Waals surface area contributed by atoms with Gasteiger partial charge >= 0.3 is 0 Å². The van der Waals surface area contributed by atoms with Crippen LogP contribution in [0, 0.1) is 0 Å². The highest BCUT2D eigenvalue weighted by Gasteiger charge is 2.06. The number of rotatable bonds is 2. The Balaban J connectivity index is 1.92. The molecule has 1 aromatic heterocycles. The third kappa shape index (κ3) is 2.64. The maximum atomic E-state index is 5.96. The molecule has 0 bridgehead atoms. The molecule has 0 N–H and O–H groups in total. The van der Waals surface area contributed by atoms with E-state index in [0.717, 1.165) is 29.5 Å². The van der Waals surface area contributed by atoms with Crippen molar-refractivity contribution in [2.45, 2.75) is 9.24 Å². The van der Waals surface area contributed by atoms with Crippen molar-refractivity contribution in [3.05, 3.63) is 52.5 Å². The molecular weight excluding hydrogens is 305 g/mol. The Morgan fingerprint density at radius 3 is 2.44 bits per heavy atom. The average Bonchev–Trinajstić information content (AvgIpc) is 2.73. The molecule has 2 aromatic carbocycles. The van der Waals surface area contributed by atoms with E-state index in [4.69, 9.17) is 23.2 Å². The first-order chi connectivity index (χ1) is 8.70. The largest absolute Gasteiger partial charge is 0.229 e. The Labute approximate surface area is 123 Å². The van der Waals surface area contributed by atoms with Gasteiger partial charge in [-0.2, -0.15) is 0 Å². The van der Waals surface area contributed by atoms with Gasteiger partial charge in [0.2, 0.25) is 0 Å². The van der Waals surface area contributed by atoms with E-state index in [9.17, 15) is 0 Å². The molecule has 0 saturated carbocycles. The fraction of sp³-hybridized carbons (Fsp3) is 0. The predicted octanol–water partition coefficient (Wildman–Crippen LogP) is 5.75. The van der Waals surface area contributed by atoms with Crippen molar-refractivity contribution < 1.29 is 0 Å². The van der Waals surface area contributed by atoms with Crippen LogP contribution >= 0.6 is 46.3 Å². The molecule has 3 rings (SSSR count). The first kappa shape index (κ1) is 12.3. The van der Waals surface area contributed by atoms with E-state index in [1.807, 2.05) is 42.5 Å². The number of hydrogen-bond donors (Lipinski definition) is 0. The molecule has 1 nitrogen and oxygen atoms in total. The zero-order chi connectivity index (χ0) is 12.5. The van der Waals surface area contributed by atoms with Crippen molar-refractivity contribution in [2.24, 2.45) is 0 Å². The highest BCUT2D eigenvalue weighted by molar-refractivity contribution is 8.01. The molecule has 0 atom stereocenters. The Kier molecular flexibility index (Phi) is 3.48. The molecule has 0 unspecified atom stereocenters. The van der Waals surface area contributed by atoms with Crippen molar-refractivity contribution in [1.29, 1.82) is 0 Å². The van der Waals surface area contributed by atoms with Crippen LogP contribution in [0.5, 0.6) is 0 Å². The average molecular weight is 312 g/mol. The minimum atomic E-state index is 0.745. The second-order valence-corrected chi connectivity index (χ2v) is 6.87. The summed E-state index contributed by atoms with van der Waals surface area (Å²) >= 11 is 15.1. The maximum absolute atomic E-state index is 5.96. The predicted molar refractivity (Wildman–Crippen MR) is 80.2 cm³/mol. The van der Waals surface area contributed by atoms with Crippen molar-refractivity contribution >= 4 is 56.5 Å². The molecule has 90 valence electrons. The van der Waals surface area contributed by atoms with Crippen molar-refractivity contribution in [2.75, 3.05) is 0 Å². The maximum Gasteiger partial charge on any atom is 0.155 e. The van der Waals surface area contributed by atoms with Gasteiger partial charge in [0.1, 0.15) is 0 Å². The topological polar surface area (TPSA) is 12.9 Å². The third-order valence-electron chi connectivity index (χ3n) is 2.35. The molecule has 0 amide bonds. The molecule has 5 heteroatoms. The number of benzene rings is 2. The van der Waals surface area contributed by atoms with E-state index in [2.05, 4.69) is 4.98 Å². The van der Waals surface area contributed by atoms with Gasteiger partial charge < -0.3 is 0 Å². The number of thiazole rings is 1. The summed E-state index contributed by atoms with van der Waals surface area (Å²) in [5.74, 6) is 0. The summed E-state index contributed by atoms with van der Waals surface area (Å²) in [5.41, 5.74) is 0.987. The Bertz CT molecular complexity index is 692. The van der Waals surface area contributed by atoms with Crippen LogP contribution in [0.15, 0.2) is 51.7 Å². The summed E-state index contributed by atoms with van der Waals surface area (Å²) in [5, 5.41) is 1.49. The van der Waals surface area contributed by atoms with E-state index in [-0.39, 0.29) is 0 Å². The van der Waals surface area contributed by atoms with Gasteiger partial charge in [-0.3, -0.25) is 0 Å². The van der Waals surface area contributed by atoms with Crippen LogP contribution in [-0.2, 0) is 0 Å². The van der Waals surface area contributed by atoms with Crippen LogP contribution in [0.25, 0.3) is 10.2 Å². The summed E-state index contributed by atoms with van der Waals surface area (Å²) in [6.07, 6.45) is 0. The fourth-order valence-electron chi connectivity index (χ4n) is 1.52. The van der Waals surface area contributed by atoms with Crippen LogP contribution < -0.4 is 0 Å². The molecule has 0 aliphatic carbocycles. The molecule has 0 spiro atoms. The highest BCUT2D eigenvalue weighted by atomic mass is 35.5. The van der Waals surface area contributed by atoms with Crippen LogP contribution in [0.1, 0.15) is 0 Å². The van der Waals surface area contributed by atoms with Gasteiger partial charge in [-0.25, -0.2) is 4.98 Å². The first-order valence-electron chi connectivity index (χ1n) is 5.20. The number of halogens is 2. The first-order valence-corrected chi connectivity index (χ1v) is 7.59. The molecule has 1 heterocycles. The summed E-state index contributed by atoms with van der Waals surface area (Å²) in [6.45, 7) is 0. The molecule has 0 saturated heterocycles. The van der Waals surface area contributed by atoms with E-state index in [0.29, 0.717) is 0 Å². The number of aromatic nitrogens is 1. The van der Waals surface area contributed by atoms with Gasteiger partial charge in [0.15, 0.2) is 4.34 Å². The van der Waals surface area contributed by atoms with Gasteiger partial charge in [0.05, 0.1) is 10.2 Å². The van der Waals surface area contributed by atoms with Crippen LogP contribution in [0.2, 0.25) is 10.0 Å². The third-order valence-corrected chi connectivity index (χ3v) is 4.92. The number of fused-ring (bicyclic) bond motifs is 1. The molecule has 0 aliphatic heterocycles. The molecule has 3 aromatic rings. The van der Waals surface area contributed by atoms with Gasteiger partial charge in [-0.1, -0.05) is 35.0 Å². The zero-order valence-corrected chi connectivity index (χ0v) is 12.2. The molecule has 0 radical (unpaired) electrons. The SMILES string of the molecule is Clc1ccc(Sc2nc3ccc(Cl)cc3s2)cc1. The van der Waals surface area contributed by atoms with Gasteiger partial charge in [-0.05, 0) is 42.5 Å². The van der Waals surface area contributed by atoms with Gasteiger partial charge in [0, 0.05) is 14.9 Å². The summed E-state index contributed by atoms with van der Waals surface area (Å²) in [7, 11) is 0. The second kappa shape index (κ2) is 5.10. The van der Waals surface area contributed by atoms with Crippen LogP contribution in [0.4, 0.5) is 0 Å². The van der Waals surface area contributed by atoms with Crippen molar-refractivity contribution in [3.8, 4) is 0 Å². The molecule has 0 fully saturated rings. The smallest absolute Gasteiger partial charge is 0.155 e. The molecular formula is C13H7Cl2NS2. The fourth-order valence-corrected chi connectivity index (χ4v) is 3.97. The van der Waals surface area contributed by atoms with Crippen molar-refractivity contribution in [1.82, 2.24) is 4.98 Å². The number of nitrogens with zero attached hydrogens (tertiary/aromatic N) is 1. The number of hydrogen-bond acceptors (Lipinski definition) is 3. The van der Waals surface area contributed by atoms with E-state index in [1.54, 1.807) is 23.1 Å². The summed E-state index contributed by atoms with van der Waals surface area (Å²) in [4.78, 5) is 5.69. The standard InChI is InChI=1S/C13H7Cl2NS2/c14-8-1-4-10(5-2-8)17-13-16-11-6-3-9(15)7-12(11)18-13/h1-7H. The summed E-state index contributed by atoms with van der Waals surface area (Å²) in [6, 6.07) is 13.5. The normalized spacial score (nSPS) is 11.0. The Morgan fingerprint density at radius 2 is 1.67 bits per heavy atom. The van der Waals surface area contributed by atoms with E-state index < -0.39 is 0 Å².